The van der Waals surface area contributed by atoms with E-state index in [0.717, 1.165) is 10.0 Å². The van der Waals surface area contributed by atoms with E-state index in [4.69, 9.17) is 5.11 Å². The lowest BCUT2D eigenvalue weighted by Gasteiger charge is -2.05. The average Bonchev–Trinajstić information content (AvgIpc) is 2.32. The first-order valence-electron chi connectivity index (χ1n) is 5.02. The van der Waals surface area contributed by atoms with Crippen molar-refractivity contribution in [1.29, 1.82) is 0 Å². The maximum atomic E-state index is 13.6. The van der Waals surface area contributed by atoms with Gasteiger partial charge in [0.25, 0.3) is 0 Å². The molecule has 3 nitrogen and oxygen atoms in total. The van der Waals surface area contributed by atoms with Crippen LogP contribution >= 0.6 is 15.9 Å². The van der Waals surface area contributed by atoms with E-state index in [1.165, 1.54) is 12.1 Å². The summed E-state index contributed by atoms with van der Waals surface area (Å²) in [6.07, 6.45) is -1.54. The Balaban J connectivity index is 2.33. The van der Waals surface area contributed by atoms with E-state index in [9.17, 15) is 9.18 Å². The number of carbonyl (C=O) groups is 1. The summed E-state index contributed by atoms with van der Waals surface area (Å²) >= 11 is 3.31. The van der Waals surface area contributed by atoms with E-state index in [1.807, 2.05) is 24.3 Å². The fraction of sp³-hybridized carbons (Fsp3) is 0. The molecular weight excluding hydrogens is 303 g/mol. The molecule has 0 spiro atoms. The summed E-state index contributed by atoms with van der Waals surface area (Å²) in [7, 11) is 0. The Kier molecular flexibility index (Phi) is 3.62. The van der Waals surface area contributed by atoms with Crippen molar-refractivity contribution in [3.05, 3.63) is 52.8 Å². The number of carboxylic acid groups (broad SMARTS) is 1. The highest BCUT2D eigenvalue weighted by atomic mass is 79.9. The molecule has 1 N–H and O–H groups in total. The summed E-state index contributed by atoms with van der Waals surface area (Å²) < 4.78 is 18.8. The zero-order valence-electron chi connectivity index (χ0n) is 9.06. The Hall–Kier alpha value is -1.88. The van der Waals surface area contributed by atoms with Gasteiger partial charge in [-0.2, -0.15) is 0 Å². The molecule has 0 amide bonds. The molecule has 0 saturated heterocycles. The van der Waals surface area contributed by atoms with Crippen molar-refractivity contribution >= 4 is 22.1 Å². The van der Waals surface area contributed by atoms with Crippen LogP contribution in [-0.4, -0.2) is 11.3 Å². The third-order valence-electron chi connectivity index (χ3n) is 2.31. The van der Waals surface area contributed by atoms with Gasteiger partial charge in [-0.1, -0.05) is 34.1 Å². The lowest BCUT2D eigenvalue weighted by Crippen LogP contribution is -2.04. The van der Waals surface area contributed by atoms with E-state index in [1.54, 1.807) is 6.07 Å². The SMILES string of the molecule is O=C(O)Oc1ccc(-c2ccc(Br)cc2)cc1F. The van der Waals surface area contributed by atoms with Crippen LogP contribution in [0.1, 0.15) is 0 Å². The van der Waals surface area contributed by atoms with Crippen LogP contribution < -0.4 is 4.74 Å². The minimum atomic E-state index is -1.54. The average molecular weight is 311 g/mol. The molecule has 0 unspecified atom stereocenters. The molecule has 0 aliphatic heterocycles. The summed E-state index contributed by atoms with van der Waals surface area (Å²) in [4.78, 5) is 10.3. The largest absolute Gasteiger partial charge is 0.511 e. The van der Waals surface area contributed by atoms with Gasteiger partial charge in [0.05, 0.1) is 0 Å². The molecule has 0 fully saturated rings. The summed E-state index contributed by atoms with van der Waals surface area (Å²) in [6, 6.07) is 11.5. The normalized spacial score (nSPS) is 10.1. The molecule has 18 heavy (non-hydrogen) atoms. The van der Waals surface area contributed by atoms with E-state index >= 15 is 0 Å². The third-order valence-corrected chi connectivity index (χ3v) is 2.84. The van der Waals surface area contributed by atoms with Crippen molar-refractivity contribution in [3.63, 3.8) is 0 Å². The molecule has 2 aromatic carbocycles. The van der Waals surface area contributed by atoms with Gasteiger partial charge in [-0.05, 0) is 35.4 Å². The number of hydrogen-bond acceptors (Lipinski definition) is 2. The number of ether oxygens (including phenoxy) is 1. The second-order valence-corrected chi connectivity index (χ2v) is 4.44. The van der Waals surface area contributed by atoms with Gasteiger partial charge in [-0.3, -0.25) is 0 Å². The van der Waals surface area contributed by atoms with E-state index < -0.39 is 12.0 Å². The van der Waals surface area contributed by atoms with Crippen LogP contribution in [-0.2, 0) is 0 Å². The molecule has 2 rings (SSSR count). The minimum Gasteiger partial charge on any atom is -0.449 e. The van der Waals surface area contributed by atoms with Gasteiger partial charge in [0.15, 0.2) is 11.6 Å². The van der Waals surface area contributed by atoms with Gasteiger partial charge in [-0.25, -0.2) is 9.18 Å². The molecule has 0 aliphatic carbocycles. The second-order valence-electron chi connectivity index (χ2n) is 3.52. The maximum Gasteiger partial charge on any atom is 0.511 e. The van der Waals surface area contributed by atoms with E-state index in [2.05, 4.69) is 20.7 Å². The highest BCUT2D eigenvalue weighted by molar-refractivity contribution is 9.10. The Labute approximate surface area is 111 Å². The quantitative estimate of drug-likeness (QED) is 0.664. The Morgan fingerprint density at radius 1 is 1.11 bits per heavy atom. The van der Waals surface area contributed by atoms with Gasteiger partial charge >= 0.3 is 6.16 Å². The number of rotatable bonds is 2. The fourth-order valence-corrected chi connectivity index (χ4v) is 1.76. The number of hydrogen-bond donors (Lipinski definition) is 1. The summed E-state index contributed by atoms with van der Waals surface area (Å²) in [5, 5.41) is 8.41. The minimum absolute atomic E-state index is 0.302. The Morgan fingerprint density at radius 2 is 1.72 bits per heavy atom. The molecule has 0 radical (unpaired) electrons. The van der Waals surface area contributed by atoms with Crippen LogP contribution in [0.5, 0.6) is 5.75 Å². The Morgan fingerprint density at radius 3 is 2.28 bits per heavy atom. The van der Waals surface area contributed by atoms with Crippen molar-refractivity contribution in [1.82, 2.24) is 0 Å². The molecule has 2 aromatic rings. The molecule has 5 heteroatoms. The van der Waals surface area contributed by atoms with Crippen LogP contribution in [0.2, 0.25) is 0 Å². The van der Waals surface area contributed by atoms with Crippen molar-refractivity contribution in [3.8, 4) is 16.9 Å². The van der Waals surface area contributed by atoms with Crippen molar-refractivity contribution in [2.45, 2.75) is 0 Å². The predicted octanol–water partition coefficient (Wildman–Crippen LogP) is 4.31. The van der Waals surface area contributed by atoms with Gasteiger partial charge in [0.1, 0.15) is 0 Å². The number of benzene rings is 2. The Bertz CT molecular complexity index is 581. The first-order chi connectivity index (χ1) is 8.56. The van der Waals surface area contributed by atoms with Crippen molar-refractivity contribution in [2.24, 2.45) is 0 Å². The predicted molar refractivity (Wildman–Crippen MR) is 68.2 cm³/mol. The molecular formula is C13H8BrFO3. The molecule has 0 aliphatic rings. The van der Waals surface area contributed by atoms with Gasteiger partial charge < -0.3 is 9.84 Å². The third kappa shape index (κ3) is 2.87. The van der Waals surface area contributed by atoms with Gasteiger partial charge in [0.2, 0.25) is 0 Å². The standard InChI is InChI=1S/C13H8BrFO3/c14-10-4-1-8(2-5-10)9-3-6-12(11(15)7-9)18-13(16)17/h1-7H,(H,16,17). The highest BCUT2D eigenvalue weighted by Crippen LogP contribution is 2.26. The molecule has 92 valence electrons. The zero-order chi connectivity index (χ0) is 13.1. The lowest BCUT2D eigenvalue weighted by molar-refractivity contribution is 0.142. The van der Waals surface area contributed by atoms with Gasteiger partial charge in [0, 0.05) is 4.47 Å². The van der Waals surface area contributed by atoms with Crippen LogP contribution in [0.4, 0.5) is 9.18 Å². The van der Waals surface area contributed by atoms with E-state index in [-0.39, 0.29) is 5.75 Å². The first-order valence-corrected chi connectivity index (χ1v) is 5.82. The molecule has 0 heterocycles. The molecule has 0 saturated carbocycles. The van der Waals surface area contributed by atoms with Crippen LogP contribution in [0, 0.1) is 5.82 Å². The molecule has 0 aromatic heterocycles. The van der Waals surface area contributed by atoms with Crippen molar-refractivity contribution < 1.29 is 19.0 Å². The van der Waals surface area contributed by atoms with Crippen LogP contribution in [0.3, 0.4) is 0 Å². The topological polar surface area (TPSA) is 46.5 Å². The summed E-state index contributed by atoms with van der Waals surface area (Å²) in [5.41, 5.74) is 1.48. The first kappa shape index (κ1) is 12.6. The van der Waals surface area contributed by atoms with Gasteiger partial charge in [-0.15, -0.1) is 0 Å². The highest BCUT2D eigenvalue weighted by Gasteiger charge is 2.09. The van der Waals surface area contributed by atoms with Crippen molar-refractivity contribution in [2.75, 3.05) is 0 Å². The fourth-order valence-electron chi connectivity index (χ4n) is 1.50. The lowest BCUT2D eigenvalue weighted by atomic mass is 10.1. The summed E-state index contributed by atoms with van der Waals surface area (Å²) in [5.74, 6) is -1.01. The van der Waals surface area contributed by atoms with E-state index in [0.29, 0.717) is 5.56 Å². The maximum absolute atomic E-state index is 13.6. The molecule has 0 bridgehead atoms. The smallest absolute Gasteiger partial charge is 0.449 e. The number of halogens is 2. The summed E-state index contributed by atoms with van der Waals surface area (Å²) in [6.45, 7) is 0. The van der Waals surface area contributed by atoms with Crippen LogP contribution in [0.25, 0.3) is 11.1 Å². The second kappa shape index (κ2) is 5.18. The molecule has 0 atom stereocenters. The van der Waals surface area contributed by atoms with Crippen LogP contribution in [0.15, 0.2) is 46.9 Å². The monoisotopic (exact) mass is 310 g/mol. The zero-order valence-corrected chi connectivity index (χ0v) is 10.6.